The van der Waals surface area contributed by atoms with Crippen LogP contribution in [0.15, 0.2) is 70.5 Å². The summed E-state index contributed by atoms with van der Waals surface area (Å²) in [6.07, 6.45) is 1.65. The molecule has 0 aromatic heterocycles. The van der Waals surface area contributed by atoms with Crippen LogP contribution in [0.5, 0.6) is 0 Å². The molecule has 1 fully saturated rings. The maximum Gasteiger partial charge on any atom is 0.261 e. The first-order valence-electron chi connectivity index (χ1n) is 11.6. The van der Waals surface area contributed by atoms with E-state index in [-0.39, 0.29) is 15.4 Å². The first-order chi connectivity index (χ1) is 17.0. The minimum absolute atomic E-state index is 0.0496. The first-order valence-corrected chi connectivity index (χ1v) is 14.5. The van der Waals surface area contributed by atoms with E-state index in [0.717, 1.165) is 24.0 Å². The zero-order valence-corrected chi connectivity index (χ0v) is 22.0. The van der Waals surface area contributed by atoms with Crippen LogP contribution in [-0.4, -0.2) is 40.1 Å². The molecule has 0 bridgehead atoms. The van der Waals surface area contributed by atoms with Crippen molar-refractivity contribution in [2.24, 2.45) is 0 Å². The first kappa shape index (κ1) is 25.9. The molecule has 0 atom stereocenters. The second-order valence-corrected chi connectivity index (χ2v) is 12.6. The molecule has 0 aliphatic carbocycles. The van der Waals surface area contributed by atoms with Gasteiger partial charge in [0.1, 0.15) is 0 Å². The van der Waals surface area contributed by atoms with Crippen molar-refractivity contribution >= 4 is 37.3 Å². The number of carbonyl (C=O) groups excluding carboxylic acids is 1. The lowest BCUT2D eigenvalue weighted by atomic mass is 10.1. The standard InChI is InChI=1S/C26H29N3O5S2/c1-18-6-8-22(16-20(18)3)28-35(31,32)23-12-9-21(10-13-23)27-26(30)25-17-24(11-7-19(25)2)36(33,34)29-14-4-5-15-29/h6-13,16-17,28H,4-5,14-15H2,1-3H3,(H,27,30). The zero-order valence-electron chi connectivity index (χ0n) is 20.4. The lowest BCUT2D eigenvalue weighted by Gasteiger charge is -2.17. The molecule has 2 N–H and O–H groups in total. The van der Waals surface area contributed by atoms with E-state index in [1.807, 2.05) is 19.9 Å². The molecular weight excluding hydrogens is 498 g/mol. The molecule has 0 spiro atoms. The van der Waals surface area contributed by atoms with Crippen molar-refractivity contribution in [3.8, 4) is 0 Å². The number of carbonyl (C=O) groups is 1. The Morgan fingerprint density at radius 2 is 1.31 bits per heavy atom. The number of hydrogen-bond donors (Lipinski definition) is 2. The molecule has 1 aliphatic heterocycles. The Morgan fingerprint density at radius 1 is 0.722 bits per heavy atom. The second-order valence-electron chi connectivity index (χ2n) is 8.97. The number of anilines is 2. The molecule has 8 nitrogen and oxygen atoms in total. The van der Waals surface area contributed by atoms with Gasteiger partial charge in [0.2, 0.25) is 10.0 Å². The summed E-state index contributed by atoms with van der Waals surface area (Å²) in [5.74, 6) is -0.477. The van der Waals surface area contributed by atoms with Crippen LogP contribution in [0.1, 0.15) is 39.9 Å². The van der Waals surface area contributed by atoms with Crippen LogP contribution in [0.2, 0.25) is 0 Å². The molecule has 10 heteroatoms. The third kappa shape index (κ3) is 5.45. The van der Waals surface area contributed by atoms with E-state index in [0.29, 0.717) is 30.0 Å². The normalized spacial score (nSPS) is 14.5. The van der Waals surface area contributed by atoms with Crippen LogP contribution >= 0.6 is 0 Å². The van der Waals surface area contributed by atoms with Crippen molar-refractivity contribution in [3.05, 3.63) is 82.9 Å². The summed E-state index contributed by atoms with van der Waals surface area (Å²) < 4.78 is 55.4. The minimum Gasteiger partial charge on any atom is -0.322 e. The predicted molar refractivity (Wildman–Crippen MR) is 140 cm³/mol. The Hall–Kier alpha value is -3.21. The molecule has 4 rings (SSSR count). The van der Waals surface area contributed by atoms with Crippen LogP contribution in [0.4, 0.5) is 11.4 Å². The van der Waals surface area contributed by atoms with E-state index in [1.165, 1.54) is 40.7 Å². The third-order valence-electron chi connectivity index (χ3n) is 6.34. The molecule has 0 radical (unpaired) electrons. The van der Waals surface area contributed by atoms with Gasteiger partial charge >= 0.3 is 0 Å². The number of nitrogens with zero attached hydrogens (tertiary/aromatic N) is 1. The van der Waals surface area contributed by atoms with E-state index in [1.54, 1.807) is 25.1 Å². The summed E-state index contributed by atoms with van der Waals surface area (Å²) in [5, 5.41) is 2.73. The fourth-order valence-corrected chi connectivity index (χ4v) is 6.61. The lowest BCUT2D eigenvalue weighted by molar-refractivity contribution is 0.102. The van der Waals surface area contributed by atoms with Crippen LogP contribution in [0.3, 0.4) is 0 Å². The predicted octanol–water partition coefficient (Wildman–Crippen LogP) is 4.45. The maximum absolute atomic E-state index is 13.0. The van der Waals surface area contributed by atoms with Crippen molar-refractivity contribution in [3.63, 3.8) is 0 Å². The highest BCUT2D eigenvalue weighted by molar-refractivity contribution is 7.92. The number of aryl methyl sites for hydroxylation is 3. The molecule has 190 valence electrons. The number of amides is 1. The highest BCUT2D eigenvalue weighted by Crippen LogP contribution is 2.24. The van der Waals surface area contributed by atoms with Gasteiger partial charge in [-0.2, -0.15) is 4.31 Å². The number of benzene rings is 3. The average molecular weight is 528 g/mol. The summed E-state index contributed by atoms with van der Waals surface area (Å²) in [6.45, 7) is 6.54. The van der Waals surface area contributed by atoms with E-state index < -0.39 is 26.0 Å². The molecule has 0 unspecified atom stereocenters. The highest BCUT2D eigenvalue weighted by Gasteiger charge is 2.28. The van der Waals surface area contributed by atoms with Gasteiger partial charge in [-0.1, -0.05) is 12.1 Å². The van der Waals surface area contributed by atoms with E-state index in [2.05, 4.69) is 10.0 Å². The average Bonchev–Trinajstić information content (AvgIpc) is 3.38. The van der Waals surface area contributed by atoms with E-state index >= 15 is 0 Å². The van der Waals surface area contributed by atoms with Crippen LogP contribution in [0, 0.1) is 20.8 Å². The maximum atomic E-state index is 13.0. The van der Waals surface area contributed by atoms with Crippen LogP contribution < -0.4 is 10.0 Å². The van der Waals surface area contributed by atoms with Gasteiger partial charge in [-0.3, -0.25) is 9.52 Å². The van der Waals surface area contributed by atoms with Gasteiger partial charge in [0.15, 0.2) is 0 Å². The van der Waals surface area contributed by atoms with Gasteiger partial charge in [0.05, 0.1) is 9.79 Å². The number of hydrogen-bond acceptors (Lipinski definition) is 5. The number of rotatable bonds is 7. The van der Waals surface area contributed by atoms with E-state index in [9.17, 15) is 21.6 Å². The topological polar surface area (TPSA) is 113 Å². The zero-order chi connectivity index (χ0) is 26.1. The number of nitrogens with one attached hydrogen (secondary N) is 2. The second kappa shape index (κ2) is 10.0. The van der Waals surface area contributed by atoms with Gasteiger partial charge in [-0.25, -0.2) is 16.8 Å². The Kier molecular flexibility index (Phi) is 7.21. The Morgan fingerprint density at radius 3 is 1.94 bits per heavy atom. The van der Waals surface area contributed by atoms with Crippen molar-refractivity contribution in [2.75, 3.05) is 23.1 Å². The molecule has 3 aromatic carbocycles. The van der Waals surface area contributed by atoms with Gasteiger partial charge < -0.3 is 5.32 Å². The van der Waals surface area contributed by atoms with Crippen molar-refractivity contribution in [1.29, 1.82) is 0 Å². The molecule has 1 aliphatic rings. The molecule has 1 heterocycles. The summed E-state index contributed by atoms with van der Waals surface area (Å²) in [7, 11) is -7.47. The number of sulfonamides is 2. The third-order valence-corrected chi connectivity index (χ3v) is 9.63. The summed E-state index contributed by atoms with van der Waals surface area (Å²) in [4.78, 5) is 13.1. The molecule has 0 saturated carbocycles. The smallest absolute Gasteiger partial charge is 0.261 e. The Labute approximate surface area is 212 Å². The van der Waals surface area contributed by atoms with Gasteiger partial charge in [-0.05, 0) is 98.8 Å². The van der Waals surface area contributed by atoms with Crippen molar-refractivity contribution < 1.29 is 21.6 Å². The highest BCUT2D eigenvalue weighted by atomic mass is 32.2. The SMILES string of the molecule is Cc1ccc(NS(=O)(=O)c2ccc(NC(=O)c3cc(S(=O)(=O)N4CCCC4)ccc3C)cc2)cc1C. The summed E-state index contributed by atoms with van der Waals surface area (Å²) in [5.41, 5.74) is 3.76. The molecule has 1 saturated heterocycles. The molecule has 36 heavy (non-hydrogen) atoms. The Bertz CT molecular complexity index is 1510. The summed E-state index contributed by atoms with van der Waals surface area (Å²) in [6, 6.07) is 15.6. The van der Waals surface area contributed by atoms with Crippen LogP contribution in [0.25, 0.3) is 0 Å². The van der Waals surface area contributed by atoms with Crippen molar-refractivity contribution in [1.82, 2.24) is 4.31 Å². The molecular formula is C26H29N3O5S2. The molecule has 1 amide bonds. The van der Waals surface area contributed by atoms with Gasteiger partial charge in [-0.15, -0.1) is 0 Å². The minimum atomic E-state index is -3.81. The van der Waals surface area contributed by atoms with Crippen molar-refractivity contribution in [2.45, 2.75) is 43.4 Å². The summed E-state index contributed by atoms with van der Waals surface area (Å²) >= 11 is 0. The quantitative estimate of drug-likeness (QED) is 0.471. The van der Waals surface area contributed by atoms with Gasteiger partial charge in [0, 0.05) is 30.0 Å². The van der Waals surface area contributed by atoms with E-state index in [4.69, 9.17) is 0 Å². The Balaban J connectivity index is 1.50. The largest absolute Gasteiger partial charge is 0.322 e. The lowest BCUT2D eigenvalue weighted by Crippen LogP contribution is -2.28. The fraction of sp³-hybridized carbons (Fsp3) is 0.269. The molecule has 3 aromatic rings. The monoisotopic (exact) mass is 527 g/mol. The van der Waals surface area contributed by atoms with Gasteiger partial charge in [0.25, 0.3) is 15.9 Å². The van der Waals surface area contributed by atoms with Crippen LogP contribution in [-0.2, 0) is 20.0 Å². The fourth-order valence-electron chi connectivity index (χ4n) is 4.02.